The van der Waals surface area contributed by atoms with Crippen molar-refractivity contribution in [1.29, 1.82) is 0 Å². The van der Waals surface area contributed by atoms with Gasteiger partial charge in [0.05, 0.1) is 19.4 Å². The molecule has 110 valence electrons. The van der Waals surface area contributed by atoms with Gasteiger partial charge in [-0.2, -0.15) is 11.8 Å². The van der Waals surface area contributed by atoms with Crippen LogP contribution in [0.4, 0.5) is 5.69 Å². The third kappa shape index (κ3) is 3.20. The highest BCUT2D eigenvalue weighted by Crippen LogP contribution is 2.34. The van der Waals surface area contributed by atoms with Crippen molar-refractivity contribution in [3.63, 3.8) is 0 Å². The summed E-state index contributed by atoms with van der Waals surface area (Å²) in [6.45, 7) is 2.24. The largest absolute Gasteiger partial charge is 0.495 e. The second-order valence-corrected chi connectivity index (χ2v) is 5.89. The van der Waals surface area contributed by atoms with Gasteiger partial charge in [-0.1, -0.05) is 12.1 Å². The van der Waals surface area contributed by atoms with E-state index in [-0.39, 0.29) is 5.97 Å². The van der Waals surface area contributed by atoms with Crippen LogP contribution >= 0.6 is 11.8 Å². The molecule has 1 heterocycles. The molecule has 1 aliphatic heterocycles. The number of rotatable bonds is 5. The van der Waals surface area contributed by atoms with E-state index in [4.69, 9.17) is 9.47 Å². The van der Waals surface area contributed by atoms with Gasteiger partial charge in [0.1, 0.15) is 11.3 Å². The van der Waals surface area contributed by atoms with E-state index in [1.54, 1.807) is 18.9 Å². The lowest BCUT2D eigenvalue weighted by Gasteiger charge is -2.36. The summed E-state index contributed by atoms with van der Waals surface area (Å²) in [6.07, 6.45) is 1.79. The molecule has 4 nitrogen and oxygen atoms in total. The molecule has 1 aromatic rings. The van der Waals surface area contributed by atoms with E-state index in [1.807, 2.05) is 31.2 Å². The maximum Gasteiger partial charge on any atom is 0.332 e. The Balaban J connectivity index is 2.25. The van der Waals surface area contributed by atoms with Gasteiger partial charge in [-0.15, -0.1) is 0 Å². The zero-order valence-corrected chi connectivity index (χ0v) is 12.8. The molecule has 0 radical (unpaired) electrons. The summed E-state index contributed by atoms with van der Waals surface area (Å²) in [4.78, 5) is 12.4. The molecule has 20 heavy (non-hydrogen) atoms. The molecule has 1 fully saturated rings. The number of esters is 1. The summed E-state index contributed by atoms with van der Waals surface area (Å²) >= 11 is 1.78. The molecular formula is C15H21NO3S. The zero-order valence-electron chi connectivity index (χ0n) is 12.0. The summed E-state index contributed by atoms with van der Waals surface area (Å²) in [7, 11) is 1.63. The van der Waals surface area contributed by atoms with Crippen molar-refractivity contribution in [3.05, 3.63) is 24.3 Å². The van der Waals surface area contributed by atoms with Crippen LogP contribution in [0.15, 0.2) is 24.3 Å². The van der Waals surface area contributed by atoms with Crippen molar-refractivity contribution >= 4 is 23.4 Å². The Morgan fingerprint density at radius 1 is 1.45 bits per heavy atom. The summed E-state index contributed by atoms with van der Waals surface area (Å²) in [5.74, 6) is 2.39. The first kappa shape index (κ1) is 15.0. The number of hydrogen-bond donors (Lipinski definition) is 1. The van der Waals surface area contributed by atoms with Gasteiger partial charge in [0.25, 0.3) is 0 Å². The third-order valence-corrected chi connectivity index (χ3v) is 4.66. The van der Waals surface area contributed by atoms with Gasteiger partial charge in [-0.25, -0.2) is 4.79 Å². The topological polar surface area (TPSA) is 47.6 Å². The normalized spacial score (nSPS) is 22.1. The van der Waals surface area contributed by atoms with Crippen LogP contribution in [-0.2, 0) is 9.53 Å². The van der Waals surface area contributed by atoms with Crippen LogP contribution < -0.4 is 10.1 Å². The molecule has 0 aliphatic carbocycles. The molecule has 0 amide bonds. The number of para-hydroxylation sites is 2. The molecule has 0 saturated carbocycles. The van der Waals surface area contributed by atoms with E-state index in [0.29, 0.717) is 6.61 Å². The average Bonchev–Trinajstić information content (AvgIpc) is 2.49. The zero-order chi connectivity index (χ0) is 14.4. The smallest absolute Gasteiger partial charge is 0.332 e. The summed E-state index contributed by atoms with van der Waals surface area (Å²) in [5.41, 5.74) is 0.193. The van der Waals surface area contributed by atoms with Crippen molar-refractivity contribution in [1.82, 2.24) is 0 Å². The van der Waals surface area contributed by atoms with Gasteiger partial charge >= 0.3 is 5.97 Å². The fraction of sp³-hybridized carbons (Fsp3) is 0.533. The molecule has 1 unspecified atom stereocenters. The van der Waals surface area contributed by atoms with E-state index in [1.165, 1.54) is 0 Å². The minimum Gasteiger partial charge on any atom is -0.495 e. The number of methoxy groups -OCH3 is 1. The van der Waals surface area contributed by atoms with Crippen molar-refractivity contribution in [2.24, 2.45) is 0 Å². The quantitative estimate of drug-likeness (QED) is 0.846. The minimum atomic E-state index is -0.645. The van der Waals surface area contributed by atoms with Crippen molar-refractivity contribution < 1.29 is 14.3 Å². The minimum absolute atomic E-state index is 0.168. The Morgan fingerprint density at radius 3 is 2.90 bits per heavy atom. The SMILES string of the molecule is CCOC(=O)C1(Nc2ccccc2OC)CCCSC1. The Kier molecular flexibility index (Phi) is 5.17. The van der Waals surface area contributed by atoms with E-state index in [0.717, 1.165) is 35.8 Å². The monoisotopic (exact) mass is 295 g/mol. The maximum absolute atomic E-state index is 12.4. The molecule has 1 N–H and O–H groups in total. The van der Waals surface area contributed by atoms with Gasteiger partial charge in [0.15, 0.2) is 0 Å². The van der Waals surface area contributed by atoms with Crippen LogP contribution in [0.25, 0.3) is 0 Å². The number of carbonyl (C=O) groups is 1. The van der Waals surface area contributed by atoms with Crippen LogP contribution in [0.1, 0.15) is 19.8 Å². The summed E-state index contributed by atoms with van der Waals surface area (Å²) in [6, 6.07) is 7.66. The molecule has 2 rings (SSSR count). The molecule has 0 bridgehead atoms. The third-order valence-electron chi connectivity index (χ3n) is 3.39. The van der Waals surface area contributed by atoms with Gasteiger partial charge < -0.3 is 14.8 Å². The van der Waals surface area contributed by atoms with Crippen LogP contribution in [0.3, 0.4) is 0 Å². The molecule has 0 aromatic heterocycles. The number of nitrogens with one attached hydrogen (secondary N) is 1. The average molecular weight is 295 g/mol. The highest BCUT2D eigenvalue weighted by atomic mass is 32.2. The standard InChI is InChI=1S/C15H21NO3S/c1-3-19-14(17)15(9-6-10-20-11-15)16-12-7-4-5-8-13(12)18-2/h4-5,7-8,16H,3,6,9-11H2,1-2H3. The Morgan fingerprint density at radius 2 is 2.25 bits per heavy atom. The van der Waals surface area contributed by atoms with E-state index < -0.39 is 5.54 Å². The second kappa shape index (κ2) is 6.88. The van der Waals surface area contributed by atoms with E-state index in [2.05, 4.69) is 5.32 Å². The number of anilines is 1. The molecule has 0 spiro atoms. The highest BCUT2D eigenvalue weighted by Gasteiger charge is 2.41. The number of carbonyl (C=O) groups excluding carboxylic acids is 1. The van der Waals surface area contributed by atoms with E-state index in [9.17, 15) is 4.79 Å². The van der Waals surface area contributed by atoms with Gasteiger partial charge in [0, 0.05) is 5.75 Å². The molecule has 1 atom stereocenters. The highest BCUT2D eigenvalue weighted by molar-refractivity contribution is 7.99. The molecule has 5 heteroatoms. The van der Waals surface area contributed by atoms with Crippen LogP contribution in [0, 0.1) is 0 Å². The van der Waals surface area contributed by atoms with Gasteiger partial charge in [-0.3, -0.25) is 0 Å². The number of thioether (sulfide) groups is 1. The lowest BCUT2D eigenvalue weighted by Crippen LogP contribution is -2.51. The second-order valence-electron chi connectivity index (χ2n) is 4.78. The number of hydrogen-bond acceptors (Lipinski definition) is 5. The predicted octanol–water partition coefficient (Wildman–Crippen LogP) is 2.94. The molecular weight excluding hydrogens is 274 g/mol. The van der Waals surface area contributed by atoms with Crippen molar-refractivity contribution in [3.8, 4) is 5.75 Å². The van der Waals surface area contributed by atoms with E-state index >= 15 is 0 Å². The first-order valence-corrected chi connectivity index (χ1v) is 8.03. The van der Waals surface area contributed by atoms with Crippen LogP contribution in [0.5, 0.6) is 5.75 Å². The Labute approximate surface area is 124 Å². The fourth-order valence-corrected chi connectivity index (χ4v) is 3.56. The van der Waals surface area contributed by atoms with Crippen LogP contribution in [0.2, 0.25) is 0 Å². The number of ether oxygens (including phenoxy) is 2. The fourth-order valence-electron chi connectivity index (χ4n) is 2.38. The van der Waals surface area contributed by atoms with Crippen molar-refractivity contribution in [2.75, 3.05) is 30.5 Å². The summed E-state index contributed by atoms with van der Waals surface area (Å²) < 4.78 is 10.6. The first-order valence-electron chi connectivity index (χ1n) is 6.88. The molecule has 1 aliphatic rings. The first-order chi connectivity index (χ1) is 9.72. The van der Waals surface area contributed by atoms with Gasteiger partial charge in [-0.05, 0) is 37.7 Å². The predicted molar refractivity (Wildman–Crippen MR) is 82.5 cm³/mol. The molecule has 1 saturated heterocycles. The Bertz CT molecular complexity index is 458. The maximum atomic E-state index is 12.4. The van der Waals surface area contributed by atoms with Gasteiger partial charge in [0.2, 0.25) is 0 Å². The van der Waals surface area contributed by atoms with Crippen LogP contribution in [-0.4, -0.2) is 36.7 Å². The summed E-state index contributed by atoms with van der Waals surface area (Å²) in [5, 5.41) is 3.38. The number of benzene rings is 1. The Hall–Kier alpha value is -1.36. The van der Waals surface area contributed by atoms with Crippen molar-refractivity contribution in [2.45, 2.75) is 25.3 Å². The lowest BCUT2D eigenvalue weighted by molar-refractivity contribution is -0.148. The lowest BCUT2D eigenvalue weighted by atomic mass is 9.94. The molecule has 1 aromatic carbocycles.